The first-order valence-electron chi connectivity index (χ1n) is 8.02. The van der Waals surface area contributed by atoms with Gasteiger partial charge < -0.3 is 0 Å². The van der Waals surface area contributed by atoms with E-state index < -0.39 is 9.62 Å². The minimum absolute atomic E-state index is 0.0543. The van der Waals surface area contributed by atoms with Gasteiger partial charge in [0.05, 0.1) is 11.4 Å². The molecular weight excluding hydrogens is 328 g/mol. The van der Waals surface area contributed by atoms with Gasteiger partial charge in [0.15, 0.2) is 5.78 Å². The van der Waals surface area contributed by atoms with Crippen LogP contribution in [-0.2, 0) is 9.62 Å². The van der Waals surface area contributed by atoms with Gasteiger partial charge in [-0.25, -0.2) is 8.73 Å². The van der Waals surface area contributed by atoms with Gasteiger partial charge >= 0.3 is 0 Å². The van der Waals surface area contributed by atoms with Crippen molar-refractivity contribution in [2.75, 3.05) is 6.26 Å². The number of hydrogen-bond acceptors (Lipinski definition) is 3. The smallest absolute Gasteiger partial charge is 0.159 e. The highest BCUT2D eigenvalue weighted by molar-refractivity contribution is 7.95. The molecule has 1 atom stereocenters. The van der Waals surface area contributed by atoms with Crippen LogP contribution in [0.5, 0.6) is 0 Å². The summed E-state index contributed by atoms with van der Waals surface area (Å²) in [4.78, 5) is 12.6. The lowest BCUT2D eigenvalue weighted by atomic mass is 10.1. The Balaban J connectivity index is 2.18. The van der Waals surface area contributed by atoms with E-state index in [1.165, 1.54) is 0 Å². The summed E-state index contributed by atoms with van der Waals surface area (Å²) in [6, 6.07) is 27.4. The first kappa shape index (κ1) is 17.1. The minimum Gasteiger partial charge on any atom is -0.295 e. The second-order valence-electron chi connectivity index (χ2n) is 5.77. The molecule has 126 valence electrons. The van der Waals surface area contributed by atoms with E-state index in [0.29, 0.717) is 5.56 Å². The molecule has 3 rings (SSSR count). The SMILES string of the molecule is CC(=O)c1ccc(N=S(C)(=Nc2ccccc2)c2ccccc2)cc1. The topological polar surface area (TPSA) is 41.8 Å². The second kappa shape index (κ2) is 7.45. The van der Waals surface area contributed by atoms with E-state index in [2.05, 4.69) is 18.4 Å². The molecule has 0 saturated heterocycles. The maximum Gasteiger partial charge on any atom is 0.159 e. The number of ketones is 1. The Bertz CT molecular complexity index is 985. The van der Waals surface area contributed by atoms with Gasteiger partial charge in [0.25, 0.3) is 0 Å². The van der Waals surface area contributed by atoms with Crippen molar-refractivity contribution in [3.8, 4) is 0 Å². The van der Waals surface area contributed by atoms with Crippen LogP contribution in [0.3, 0.4) is 0 Å². The number of benzene rings is 3. The molecule has 1 unspecified atom stereocenters. The Morgan fingerprint density at radius 1 is 0.720 bits per heavy atom. The molecule has 0 aliphatic heterocycles. The van der Waals surface area contributed by atoms with E-state index in [0.717, 1.165) is 16.3 Å². The summed E-state index contributed by atoms with van der Waals surface area (Å²) in [6.45, 7) is 1.57. The van der Waals surface area contributed by atoms with Crippen LogP contribution in [0.4, 0.5) is 11.4 Å². The van der Waals surface area contributed by atoms with Crippen LogP contribution in [0.1, 0.15) is 17.3 Å². The van der Waals surface area contributed by atoms with Crippen LogP contribution in [0.25, 0.3) is 0 Å². The highest BCUT2D eigenvalue weighted by Gasteiger charge is 2.06. The Hall–Kier alpha value is -2.72. The molecule has 0 aliphatic carbocycles. The predicted octanol–water partition coefficient (Wildman–Crippen LogP) is 6.06. The van der Waals surface area contributed by atoms with E-state index >= 15 is 0 Å². The normalized spacial score (nSPS) is 12.9. The monoisotopic (exact) mass is 348 g/mol. The fraction of sp³-hybridized carbons (Fsp3) is 0.0952. The van der Waals surface area contributed by atoms with Gasteiger partial charge in [0.2, 0.25) is 0 Å². The van der Waals surface area contributed by atoms with E-state index in [4.69, 9.17) is 8.73 Å². The predicted molar refractivity (Wildman–Crippen MR) is 105 cm³/mol. The number of carbonyl (C=O) groups excluding carboxylic acids is 1. The lowest BCUT2D eigenvalue weighted by molar-refractivity contribution is 0.101. The number of carbonyl (C=O) groups is 1. The maximum absolute atomic E-state index is 11.5. The lowest BCUT2D eigenvalue weighted by Crippen LogP contribution is -1.97. The lowest BCUT2D eigenvalue weighted by Gasteiger charge is -2.12. The van der Waals surface area contributed by atoms with Gasteiger partial charge in [0, 0.05) is 16.7 Å². The Morgan fingerprint density at radius 2 is 1.20 bits per heavy atom. The molecule has 0 spiro atoms. The van der Waals surface area contributed by atoms with Crippen molar-refractivity contribution < 1.29 is 4.79 Å². The van der Waals surface area contributed by atoms with E-state index in [9.17, 15) is 4.79 Å². The van der Waals surface area contributed by atoms with Gasteiger partial charge in [-0.3, -0.25) is 4.79 Å². The number of nitrogens with zero attached hydrogens (tertiary/aromatic N) is 2. The molecule has 0 N–H and O–H groups in total. The van der Waals surface area contributed by atoms with E-state index in [1.54, 1.807) is 6.92 Å². The third-order valence-electron chi connectivity index (χ3n) is 3.79. The Labute approximate surface area is 149 Å². The zero-order chi connectivity index (χ0) is 17.7. The van der Waals surface area contributed by atoms with Crippen molar-refractivity contribution in [3.05, 3.63) is 90.5 Å². The molecule has 0 heterocycles. The standard InChI is InChI=1S/C21H20N2OS/c1-17(24)18-13-15-20(16-14-18)23-25(2,21-11-7-4-8-12-21)22-19-9-5-3-6-10-19/h3-16H,1-2H3. The highest BCUT2D eigenvalue weighted by atomic mass is 32.2. The molecule has 25 heavy (non-hydrogen) atoms. The van der Waals surface area contributed by atoms with Crippen LogP contribution in [0, 0.1) is 0 Å². The third-order valence-corrected chi connectivity index (χ3v) is 6.08. The summed E-state index contributed by atoms with van der Waals surface area (Å²) < 4.78 is 9.93. The molecule has 0 aromatic heterocycles. The average Bonchev–Trinajstić information content (AvgIpc) is 2.63. The van der Waals surface area contributed by atoms with Gasteiger partial charge in [-0.1, -0.05) is 36.4 Å². The van der Waals surface area contributed by atoms with Crippen molar-refractivity contribution in [1.82, 2.24) is 0 Å². The molecule has 4 heteroatoms. The first-order chi connectivity index (χ1) is 12.1. The summed E-state index contributed by atoms with van der Waals surface area (Å²) >= 11 is 0. The summed E-state index contributed by atoms with van der Waals surface area (Å²) in [5, 5.41) is 0. The average molecular weight is 348 g/mol. The summed E-state index contributed by atoms with van der Waals surface area (Å²) in [7, 11) is -1.79. The summed E-state index contributed by atoms with van der Waals surface area (Å²) in [5.41, 5.74) is 2.43. The van der Waals surface area contributed by atoms with E-state index in [1.807, 2.05) is 72.8 Å². The fourth-order valence-corrected chi connectivity index (χ4v) is 4.45. The summed E-state index contributed by atoms with van der Waals surface area (Å²) in [6.07, 6.45) is 2.08. The van der Waals surface area contributed by atoms with Gasteiger partial charge in [-0.2, -0.15) is 0 Å². The third kappa shape index (κ3) is 4.22. The van der Waals surface area contributed by atoms with Crippen molar-refractivity contribution in [2.45, 2.75) is 11.8 Å². The molecule has 0 aliphatic rings. The molecule has 3 aromatic carbocycles. The van der Waals surface area contributed by atoms with Crippen molar-refractivity contribution in [2.24, 2.45) is 8.73 Å². The maximum atomic E-state index is 11.5. The Kier molecular flexibility index (Phi) is 5.10. The first-order valence-corrected chi connectivity index (χ1v) is 9.98. The number of hydrogen-bond donors (Lipinski definition) is 0. The van der Waals surface area contributed by atoms with Gasteiger partial charge in [-0.15, -0.1) is 0 Å². The van der Waals surface area contributed by atoms with Crippen molar-refractivity contribution >= 4 is 26.8 Å². The van der Waals surface area contributed by atoms with Crippen LogP contribution in [-0.4, -0.2) is 12.0 Å². The highest BCUT2D eigenvalue weighted by Crippen LogP contribution is 2.25. The second-order valence-corrected chi connectivity index (χ2v) is 8.27. The molecule has 3 aromatic rings. The van der Waals surface area contributed by atoms with E-state index in [-0.39, 0.29) is 5.78 Å². The Morgan fingerprint density at radius 3 is 1.72 bits per heavy atom. The molecule has 0 amide bonds. The van der Waals surface area contributed by atoms with Gasteiger partial charge in [0.1, 0.15) is 0 Å². The minimum atomic E-state index is -1.79. The van der Waals surface area contributed by atoms with Crippen LogP contribution >= 0.6 is 0 Å². The zero-order valence-corrected chi connectivity index (χ0v) is 15.1. The van der Waals surface area contributed by atoms with Crippen LogP contribution in [0.2, 0.25) is 0 Å². The molecular formula is C21H20N2OS. The van der Waals surface area contributed by atoms with Gasteiger partial charge in [-0.05, 0) is 65.1 Å². The quantitative estimate of drug-likeness (QED) is 0.528. The molecule has 0 radical (unpaired) electrons. The molecule has 0 saturated carbocycles. The van der Waals surface area contributed by atoms with Crippen molar-refractivity contribution in [1.29, 1.82) is 0 Å². The molecule has 3 nitrogen and oxygen atoms in total. The van der Waals surface area contributed by atoms with Crippen LogP contribution < -0.4 is 0 Å². The fourth-order valence-electron chi connectivity index (χ4n) is 2.46. The zero-order valence-electron chi connectivity index (χ0n) is 14.3. The number of rotatable bonds is 4. The summed E-state index contributed by atoms with van der Waals surface area (Å²) in [5.74, 6) is 0.0543. The van der Waals surface area contributed by atoms with Crippen molar-refractivity contribution in [3.63, 3.8) is 0 Å². The molecule has 0 fully saturated rings. The number of Topliss-reactive ketones (excluding diaryl/α,β-unsaturated/α-hetero) is 1. The van der Waals surface area contributed by atoms with Crippen LogP contribution in [0.15, 0.2) is 98.6 Å². The molecule has 0 bridgehead atoms. The largest absolute Gasteiger partial charge is 0.295 e.